The van der Waals surface area contributed by atoms with Crippen LogP contribution in [0.15, 0.2) is 11.7 Å². The number of hydrogen-bond acceptors (Lipinski definition) is 0. The highest BCUT2D eigenvalue weighted by Crippen LogP contribution is 2.43. The molecule has 0 spiro atoms. The molecule has 0 fully saturated rings. The Hall–Kier alpha value is -0.540. The number of halogens is 4. The van der Waals surface area contributed by atoms with Gasteiger partial charge < -0.3 is 0 Å². The second kappa shape index (κ2) is 2.50. The molecule has 0 aliphatic heterocycles. The highest BCUT2D eigenvalue weighted by atomic mass is 19.3. The minimum absolute atomic E-state index is 0.00620. The molecule has 1 unspecified atom stereocenters. The van der Waals surface area contributed by atoms with Crippen molar-refractivity contribution in [3.63, 3.8) is 0 Å². The van der Waals surface area contributed by atoms with Crippen LogP contribution in [0.3, 0.4) is 0 Å². The first-order valence-corrected chi connectivity index (χ1v) is 3.38. The predicted molar refractivity (Wildman–Crippen MR) is 32.6 cm³/mol. The summed E-state index contributed by atoms with van der Waals surface area (Å²) >= 11 is 0. The zero-order valence-corrected chi connectivity index (χ0v) is 6.00. The Morgan fingerprint density at radius 3 is 2.36 bits per heavy atom. The Morgan fingerprint density at radius 1 is 1.36 bits per heavy atom. The molecule has 0 heterocycles. The monoisotopic (exact) mass is 168 g/mol. The van der Waals surface area contributed by atoms with Crippen LogP contribution in [0, 0.1) is 5.92 Å². The maximum atomic E-state index is 12.6. The highest BCUT2D eigenvalue weighted by molar-refractivity contribution is 5.14. The minimum Gasteiger partial charge on any atom is -0.209 e. The molecule has 1 aliphatic carbocycles. The van der Waals surface area contributed by atoms with Crippen LogP contribution in [0.4, 0.5) is 17.6 Å². The normalized spacial score (nSPS) is 30.8. The molecule has 0 aromatic rings. The van der Waals surface area contributed by atoms with Gasteiger partial charge in [0.1, 0.15) is 5.83 Å². The predicted octanol–water partition coefficient (Wildman–Crippen LogP) is 3.20. The summed E-state index contributed by atoms with van der Waals surface area (Å²) in [5.41, 5.74) is 0. The van der Waals surface area contributed by atoms with E-state index < -0.39 is 23.5 Å². The molecule has 1 rings (SSSR count). The van der Waals surface area contributed by atoms with Crippen molar-refractivity contribution in [1.82, 2.24) is 0 Å². The Morgan fingerprint density at radius 2 is 1.91 bits per heavy atom. The summed E-state index contributed by atoms with van der Waals surface area (Å²) in [4.78, 5) is 0. The van der Waals surface area contributed by atoms with Gasteiger partial charge in [-0.15, -0.1) is 0 Å². The second-order valence-electron chi connectivity index (χ2n) is 2.78. The van der Waals surface area contributed by atoms with Gasteiger partial charge in [0.2, 0.25) is 5.83 Å². The first-order valence-electron chi connectivity index (χ1n) is 3.38. The molecule has 0 aromatic heterocycles. The molecule has 11 heavy (non-hydrogen) atoms. The Labute approximate surface area is 61.9 Å². The molecule has 0 radical (unpaired) electrons. The average molecular weight is 168 g/mol. The lowest BCUT2D eigenvalue weighted by Gasteiger charge is -2.26. The first kappa shape index (κ1) is 8.56. The summed E-state index contributed by atoms with van der Waals surface area (Å²) in [6, 6.07) is 0. The van der Waals surface area contributed by atoms with Crippen LogP contribution >= 0.6 is 0 Å². The zero-order valence-electron chi connectivity index (χ0n) is 6.00. The summed E-state index contributed by atoms with van der Waals surface area (Å²) < 4.78 is 49.8. The fourth-order valence-electron chi connectivity index (χ4n) is 1.03. The molecule has 1 atom stereocenters. The smallest absolute Gasteiger partial charge is 0.209 e. The molecule has 0 saturated heterocycles. The molecule has 0 nitrogen and oxygen atoms in total. The summed E-state index contributed by atoms with van der Waals surface area (Å²) in [5, 5.41) is 0. The van der Waals surface area contributed by atoms with Gasteiger partial charge in [0.25, 0.3) is 0 Å². The topological polar surface area (TPSA) is 0 Å². The van der Waals surface area contributed by atoms with Gasteiger partial charge in [-0.1, -0.05) is 6.92 Å². The molecule has 0 aromatic carbocycles. The Balaban J connectivity index is 2.98. The van der Waals surface area contributed by atoms with E-state index in [1.807, 2.05) is 0 Å². The lowest BCUT2D eigenvalue weighted by Crippen LogP contribution is -2.30. The van der Waals surface area contributed by atoms with Crippen molar-refractivity contribution in [1.29, 1.82) is 0 Å². The van der Waals surface area contributed by atoms with Gasteiger partial charge in [-0.05, 0) is 6.42 Å². The van der Waals surface area contributed by atoms with Crippen LogP contribution in [0.5, 0.6) is 0 Å². The fraction of sp³-hybridized carbons (Fsp3) is 0.714. The van der Waals surface area contributed by atoms with Crippen LogP contribution in [-0.2, 0) is 0 Å². The van der Waals surface area contributed by atoms with Crippen LogP contribution in [0.2, 0.25) is 0 Å². The quantitative estimate of drug-likeness (QED) is 0.487. The van der Waals surface area contributed by atoms with Gasteiger partial charge in [-0.2, -0.15) is 8.78 Å². The third kappa shape index (κ3) is 1.26. The fourth-order valence-corrected chi connectivity index (χ4v) is 1.03. The van der Waals surface area contributed by atoms with Crippen molar-refractivity contribution in [2.24, 2.45) is 5.92 Å². The van der Waals surface area contributed by atoms with Crippen LogP contribution < -0.4 is 0 Å². The molecule has 0 saturated carbocycles. The van der Waals surface area contributed by atoms with E-state index in [0.717, 1.165) is 0 Å². The van der Waals surface area contributed by atoms with Gasteiger partial charge in [0.15, 0.2) is 0 Å². The van der Waals surface area contributed by atoms with E-state index in [-0.39, 0.29) is 12.8 Å². The van der Waals surface area contributed by atoms with E-state index in [1.54, 1.807) is 0 Å². The lowest BCUT2D eigenvalue weighted by atomic mass is 9.91. The van der Waals surface area contributed by atoms with Crippen molar-refractivity contribution in [3.8, 4) is 0 Å². The third-order valence-electron chi connectivity index (χ3n) is 1.95. The van der Waals surface area contributed by atoms with Crippen molar-refractivity contribution < 1.29 is 17.6 Å². The minimum atomic E-state index is -3.59. The number of rotatable bonds is 0. The van der Waals surface area contributed by atoms with Gasteiger partial charge in [0.05, 0.1) is 0 Å². The summed E-state index contributed by atoms with van der Waals surface area (Å²) in [6.07, 6.45) is -0.200. The Kier molecular flexibility index (Phi) is 1.94. The molecular formula is C7H8F4. The maximum Gasteiger partial charge on any atom is 0.303 e. The van der Waals surface area contributed by atoms with E-state index in [9.17, 15) is 17.6 Å². The first-order chi connectivity index (χ1) is 4.96. The van der Waals surface area contributed by atoms with Crippen molar-refractivity contribution >= 4 is 0 Å². The number of hydrogen-bond donors (Lipinski definition) is 0. The summed E-state index contributed by atoms with van der Waals surface area (Å²) in [7, 11) is 0. The van der Waals surface area contributed by atoms with Crippen molar-refractivity contribution in [2.45, 2.75) is 25.7 Å². The number of alkyl halides is 2. The number of allylic oxidation sites excluding steroid dienone is 2. The molecule has 0 bridgehead atoms. The zero-order chi connectivity index (χ0) is 8.65. The van der Waals surface area contributed by atoms with Crippen LogP contribution in [0.25, 0.3) is 0 Å². The molecular weight excluding hydrogens is 160 g/mol. The third-order valence-corrected chi connectivity index (χ3v) is 1.95. The summed E-state index contributed by atoms with van der Waals surface area (Å²) in [5.74, 6) is -7.87. The summed E-state index contributed by atoms with van der Waals surface area (Å²) in [6.45, 7) is 1.21. The van der Waals surface area contributed by atoms with Crippen LogP contribution in [0.1, 0.15) is 19.8 Å². The van der Waals surface area contributed by atoms with E-state index in [2.05, 4.69) is 0 Å². The SMILES string of the molecule is CC1CCC(F)=C(F)C1(F)F. The second-order valence-corrected chi connectivity index (χ2v) is 2.78. The van der Waals surface area contributed by atoms with E-state index >= 15 is 0 Å². The molecule has 64 valence electrons. The Bertz CT molecular complexity index is 195. The van der Waals surface area contributed by atoms with Gasteiger partial charge in [0, 0.05) is 12.3 Å². The van der Waals surface area contributed by atoms with E-state index in [1.165, 1.54) is 6.92 Å². The molecule has 0 N–H and O–H groups in total. The largest absolute Gasteiger partial charge is 0.303 e. The standard InChI is InChI=1S/C7H8F4/c1-4-2-3-5(8)6(9)7(4,10)11/h4H,2-3H2,1H3. The average Bonchev–Trinajstić information content (AvgIpc) is 1.95. The lowest BCUT2D eigenvalue weighted by molar-refractivity contribution is -0.0484. The highest BCUT2D eigenvalue weighted by Gasteiger charge is 2.46. The van der Waals surface area contributed by atoms with E-state index in [4.69, 9.17) is 0 Å². The van der Waals surface area contributed by atoms with Crippen LogP contribution in [-0.4, -0.2) is 5.92 Å². The maximum absolute atomic E-state index is 12.6. The molecule has 0 amide bonds. The van der Waals surface area contributed by atoms with Crippen molar-refractivity contribution in [3.05, 3.63) is 11.7 Å². The van der Waals surface area contributed by atoms with Crippen molar-refractivity contribution in [2.75, 3.05) is 0 Å². The van der Waals surface area contributed by atoms with Gasteiger partial charge >= 0.3 is 5.92 Å². The van der Waals surface area contributed by atoms with E-state index in [0.29, 0.717) is 0 Å². The molecule has 1 aliphatic rings. The van der Waals surface area contributed by atoms with Gasteiger partial charge in [-0.25, -0.2) is 8.78 Å². The molecule has 4 heteroatoms. The van der Waals surface area contributed by atoms with Gasteiger partial charge in [-0.3, -0.25) is 0 Å².